The standard InChI is InChI=1S/C19H27N3O3/c1-13-18(23)20-9-4-10-22(13)19(24)21-12-15-6-3-5-14-11-16(25-2)7-8-17(14)15/h7-8,11,13,15H,3-6,9-10,12H2,1-2H3,(H,20,23)(H,21,24)/t13-,15-/m0/s1. The predicted octanol–water partition coefficient (Wildman–Crippen LogP) is 2.04. The van der Waals surface area contributed by atoms with Crippen LogP contribution in [0.2, 0.25) is 0 Å². The zero-order chi connectivity index (χ0) is 17.8. The van der Waals surface area contributed by atoms with Crippen LogP contribution in [-0.2, 0) is 11.2 Å². The van der Waals surface area contributed by atoms with Gasteiger partial charge in [-0.2, -0.15) is 0 Å². The van der Waals surface area contributed by atoms with Gasteiger partial charge in [-0.3, -0.25) is 4.79 Å². The summed E-state index contributed by atoms with van der Waals surface area (Å²) in [5.74, 6) is 1.12. The van der Waals surface area contributed by atoms with Crippen molar-refractivity contribution in [3.05, 3.63) is 29.3 Å². The van der Waals surface area contributed by atoms with E-state index in [-0.39, 0.29) is 11.9 Å². The highest BCUT2D eigenvalue weighted by Gasteiger charge is 2.28. The molecule has 0 spiro atoms. The normalized spacial score (nSPS) is 23.3. The maximum Gasteiger partial charge on any atom is 0.318 e. The molecule has 1 aromatic rings. The fraction of sp³-hybridized carbons (Fsp3) is 0.579. The fourth-order valence-corrected chi connectivity index (χ4v) is 3.76. The number of benzene rings is 1. The van der Waals surface area contributed by atoms with E-state index < -0.39 is 6.04 Å². The van der Waals surface area contributed by atoms with E-state index in [4.69, 9.17) is 4.74 Å². The van der Waals surface area contributed by atoms with Gasteiger partial charge in [0.05, 0.1) is 7.11 Å². The van der Waals surface area contributed by atoms with E-state index in [9.17, 15) is 9.59 Å². The van der Waals surface area contributed by atoms with Crippen LogP contribution in [0.25, 0.3) is 0 Å². The quantitative estimate of drug-likeness (QED) is 0.881. The first kappa shape index (κ1) is 17.6. The molecule has 136 valence electrons. The zero-order valence-corrected chi connectivity index (χ0v) is 15.0. The average Bonchev–Trinajstić information content (AvgIpc) is 2.80. The Hall–Kier alpha value is -2.24. The van der Waals surface area contributed by atoms with Crippen LogP contribution in [0.15, 0.2) is 18.2 Å². The molecule has 1 saturated heterocycles. The molecule has 6 heteroatoms. The van der Waals surface area contributed by atoms with Crippen molar-refractivity contribution >= 4 is 11.9 Å². The summed E-state index contributed by atoms with van der Waals surface area (Å²) in [4.78, 5) is 26.1. The number of hydrogen-bond donors (Lipinski definition) is 2. The lowest BCUT2D eigenvalue weighted by Crippen LogP contribution is -2.50. The summed E-state index contributed by atoms with van der Waals surface area (Å²) in [7, 11) is 1.68. The van der Waals surface area contributed by atoms with E-state index in [0.717, 1.165) is 31.4 Å². The maximum atomic E-state index is 12.6. The molecule has 0 saturated carbocycles. The highest BCUT2D eigenvalue weighted by atomic mass is 16.5. The summed E-state index contributed by atoms with van der Waals surface area (Å²) in [6.07, 6.45) is 4.02. The van der Waals surface area contributed by atoms with Gasteiger partial charge in [0.1, 0.15) is 11.8 Å². The monoisotopic (exact) mass is 345 g/mol. The Balaban J connectivity index is 1.64. The van der Waals surface area contributed by atoms with E-state index in [2.05, 4.69) is 22.8 Å². The van der Waals surface area contributed by atoms with Crippen molar-refractivity contribution in [1.29, 1.82) is 0 Å². The third-order valence-electron chi connectivity index (χ3n) is 5.27. The summed E-state index contributed by atoms with van der Waals surface area (Å²) in [6, 6.07) is 5.63. The number of aryl methyl sites for hydroxylation is 1. The molecule has 0 unspecified atom stereocenters. The lowest BCUT2D eigenvalue weighted by molar-refractivity contribution is -0.124. The molecule has 6 nitrogen and oxygen atoms in total. The first-order valence-electron chi connectivity index (χ1n) is 9.09. The second kappa shape index (κ2) is 7.76. The molecular formula is C19H27N3O3. The number of fused-ring (bicyclic) bond motifs is 1. The van der Waals surface area contributed by atoms with Crippen LogP contribution in [-0.4, -0.2) is 49.6 Å². The Morgan fingerprint density at radius 3 is 3.04 bits per heavy atom. The molecule has 2 N–H and O–H groups in total. The number of methoxy groups -OCH3 is 1. The topological polar surface area (TPSA) is 70.7 Å². The van der Waals surface area contributed by atoms with Gasteiger partial charge < -0.3 is 20.3 Å². The lowest BCUT2D eigenvalue weighted by Gasteiger charge is -2.29. The summed E-state index contributed by atoms with van der Waals surface area (Å²) >= 11 is 0. The number of hydrogen-bond acceptors (Lipinski definition) is 3. The van der Waals surface area contributed by atoms with Crippen molar-refractivity contribution in [2.45, 2.75) is 44.6 Å². The number of rotatable bonds is 3. The van der Waals surface area contributed by atoms with Gasteiger partial charge in [-0.05, 0) is 55.9 Å². The number of ether oxygens (including phenoxy) is 1. The van der Waals surface area contributed by atoms with Crippen LogP contribution in [0.3, 0.4) is 0 Å². The van der Waals surface area contributed by atoms with Gasteiger partial charge in [0.25, 0.3) is 0 Å². The minimum absolute atomic E-state index is 0.0808. The van der Waals surface area contributed by atoms with E-state index in [1.54, 1.807) is 18.9 Å². The Bertz CT molecular complexity index is 647. The highest BCUT2D eigenvalue weighted by Crippen LogP contribution is 2.33. The first-order valence-corrected chi connectivity index (χ1v) is 9.09. The molecule has 0 aromatic heterocycles. The number of urea groups is 1. The second-order valence-electron chi connectivity index (χ2n) is 6.85. The van der Waals surface area contributed by atoms with Crippen molar-refractivity contribution in [2.24, 2.45) is 0 Å². The fourth-order valence-electron chi connectivity index (χ4n) is 3.76. The minimum Gasteiger partial charge on any atom is -0.497 e. The van der Waals surface area contributed by atoms with Gasteiger partial charge in [0, 0.05) is 25.6 Å². The molecule has 0 bridgehead atoms. The van der Waals surface area contributed by atoms with Gasteiger partial charge in [-0.1, -0.05) is 6.07 Å². The summed E-state index contributed by atoms with van der Waals surface area (Å²) < 4.78 is 5.31. The molecule has 1 heterocycles. The summed E-state index contributed by atoms with van der Waals surface area (Å²) in [5, 5.41) is 5.88. The number of carbonyl (C=O) groups is 2. The molecule has 3 rings (SSSR count). The van der Waals surface area contributed by atoms with Gasteiger partial charge in [-0.25, -0.2) is 4.79 Å². The third-order valence-corrected chi connectivity index (χ3v) is 5.27. The lowest BCUT2D eigenvalue weighted by atomic mass is 9.82. The van der Waals surface area contributed by atoms with E-state index in [1.807, 2.05) is 6.07 Å². The Morgan fingerprint density at radius 1 is 1.40 bits per heavy atom. The van der Waals surface area contributed by atoms with E-state index in [1.165, 1.54) is 11.1 Å². The number of carbonyl (C=O) groups excluding carboxylic acids is 2. The number of nitrogens with one attached hydrogen (secondary N) is 2. The largest absolute Gasteiger partial charge is 0.497 e. The Labute approximate surface area is 148 Å². The molecule has 2 atom stereocenters. The van der Waals surface area contributed by atoms with Gasteiger partial charge in [0.15, 0.2) is 0 Å². The average molecular weight is 345 g/mol. The molecule has 1 aliphatic carbocycles. The predicted molar refractivity (Wildman–Crippen MR) is 95.9 cm³/mol. The van der Waals surface area contributed by atoms with Crippen molar-refractivity contribution in [3.8, 4) is 5.75 Å². The molecule has 1 fully saturated rings. The maximum absolute atomic E-state index is 12.6. The van der Waals surface area contributed by atoms with Crippen molar-refractivity contribution in [3.63, 3.8) is 0 Å². The van der Waals surface area contributed by atoms with Gasteiger partial charge in [-0.15, -0.1) is 0 Å². The molecule has 1 aliphatic heterocycles. The highest BCUT2D eigenvalue weighted by molar-refractivity contribution is 5.87. The molecule has 0 radical (unpaired) electrons. The minimum atomic E-state index is -0.426. The summed E-state index contributed by atoms with van der Waals surface area (Å²) in [6.45, 7) is 3.61. The van der Waals surface area contributed by atoms with Crippen LogP contribution in [0.5, 0.6) is 5.75 Å². The van der Waals surface area contributed by atoms with Crippen LogP contribution in [0.1, 0.15) is 43.2 Å². The van der Waals surface area contributed by atoms with Crippen LogP contribution in [0.4, 0.5) is 4.79 Å². The van der Waals surface area contributed by atoms with E-state index >= 15 is 0 Å². The van der Waals surface area contributed by atoms with Crippen LogP contribution in [0, 0.1) is 0 Å². The Morgan fingerprint density at radius 2 is 2.24 bits per heavy atom. The molecule has 25 heavy (non-hydrogen) atoms. The van der Waals surface area contributed by atoms with Crippen LogP contribution < -0.4 is 15.4 Å². The first-order chi connectivity index (χ1) is 12.1. The van der Waals surface area contributed by atoms with Crippen molar-refractivity contribution in [2.75, 3.05) is 26.7 Å². The SMILES string of the molecule is COc1ccc2c(c1)CCC[C@H]2CNC(=O)N1CCCNC(=O)[C@@H]1C. The number of amides is 3. The summed E-state index contributed by atoms with van der Waals surface area (Å²) in [5.41, 5.74) is 2.61. The van der Waals surface area contributed by atoms with Crippen LogP contribution >= 0.6 is 0 Å². The van der Waals surface area contributed by atoms with Crippen molar-refractivity contribution in [1.82, 2.24) is 15.5 Å². The smallest absolute Gasteiger partial charge is 0.318 e. The van der Waals surface area contributed by atoms with Gasteiger partial charge in [0.2, 0.25) is 5.91 Å². The molecular weight excluding hydrogens is 318 g/mol. The second-order valence-corrected chi connectivity index (χ2v) is 6.85. The Kier molecular flexibility index (Phi) is 5.46. The zero-order valence-electron chi connectivity index (χ0n) is 15.0. The third kappa shape index (κ3) is 3.89. The molecule has 3 amide bonds. The van der Waals surface area contributed by atoms with Gasteiger partial charge >= 0.3 is 6.03 Å². The van der Waals surface area contributed by atoms with Crippen molar-refractivity contribution < 1.29 is 14.3 Å². The van der Waals surface area contributed by atoms with E-state index in [0.29, 0.717) is 25.6 Å². The number of nitrogens with zero attached hydrogens (tertiary/aromatic N) is 1. The molecule has 2 aliphatic rings. The molecule has 1 aromatic carbocycles.